The third-order valence-corrected chi connectivity index (χ3v) is 4.68. The quantitative estimate of drug-likeness (QED) is 0.866. The second-order valence-corrected chi connectivity index (χ2v) is 6.10. The summed E-state index contributed by atoms with van der Waals surface area (Å²) in [5.41, 5.74) is 2.35. The maximum atomic E-state index is 10.7. The van der Waals surface area contributed by atoms with Gasteiger partial charge in [-0.05, 0) is 55.5 Å². The third kappa shape index (κ3) is 2.57. The Labute approximate surface area is 121 Å². The van der Waals surface area contributed by atoms with E-state index in [9.17, 15) is 5.11 Å². The van der Waals surface area contributed by atoms with Crippen LogP contribution in [0.5, 0.6) is 5.75 Å². The number of ether oxygens (including phenoxy) is 1. The number of rotatable bonds is 6. The number of aliphatic hydroxyl groups is 1. The number of hydrogen-bond donors (Lipinski definition) is 1. The Hall–Kier alpha value is -1.06. The molecule has 110 valence electrons. The van der Waals surface area contributed by atoms with Crippen LogP contribution in [0.3, 0.4) is 0 Å². The van der Waals surface area contributed by atoms with Gasteiger partial charge in [0.25, 0.3) is 0 Å². The van der Waals surface area contributed by atoms with Gasteiger partial charge in [-0.1, -0.05) is 19.4 Å². The molecule has 2 atom stereocenters. The summed E-state index contributed by atoms with van der Waals surface area (Å²) in [5, 5.41) is 10.7. The van der Waals surface area contributed by atoms with E-state index in [1.54, 1.807) is 7.11 Å². The molecule has 0 saturated heterocycles. The number of methoxy groups -OCH3 is 1. The predicted molar refractivity (Wildman–Crippen MR) is 80.1 cm³/mol. The first-order valence-electron chi connectivity index (χ1n) is 7.85. The Morgan fingerprint density at radius 2 is 2.15 bits per heavy atom. The topological polar surface area (TPSA) is 32.7 Å². The van der Waals surface area contributed by atoms with Gasteiger partial charge in [-0.3, -0.25) is 4.90 Å². The van der Waals surface area contributed by atoms with Gasteiger partial charge in [0.2, 0.25) is 0 Å². The molecule has 20 heavy (non-hydrogen) atoms. The zero-order valence-corrected chi connectivity index (χ0v) is 12.5. The van der Waals surface area contributed by atoms with Crippen LogP contribution < -0.4 is 4.74 Å². The fourth-order valence-electron chi connectivity index (χ4n) is 3.37. The highest BCUT2D eigenvalue weighted by molar-refractivity contribution is 5.42. The summed E-state index contributed by atoms with van der Waals surface area (Å²) in [6, 6.07) is 7.09. The first-order chi connectivity index (χ1) is 9.74. The summed E-state index contributed by atoms with van der Waals surface area (Å²) in [5.74, 6) is 0.843. The van der Waals surface area contributed by atoms with E-state index in [1.807, 2.05) is 12.1 Å². The zero-order chi connectivity index (χ0) is 14.1. The van der Waals surface area contributed by atoms with Crippen LogP contribution in [0, 0.1) is 0 Å². The molecule has 3 rings (SSSR count). The van der Waals surface area contributed by atoms with Gasteiger partial charge in [0.05, 0.1) is 13.2 Å². The Balaban J connectivity index is 1.78. The Kier molecular flexibility index (Phi) is 3.99. The van der Waals surface area contributed by atoms with Crippen LogP contribution in [0.25, 0.3) is 0 Å². The highest BCUT2D eigenvalue weighted by atomic mass is 16.5. The molecule has 1 aromatic carbocycles. The number of benzene rings is 1. The van der Waals surface area contributed by atoms with E-state index in [-0.39, 0.29) is 12.1 Å². The van der Waals surface area contributed by atoms with E-state index < -0.39 is 0 Å². The largest absolute Gasteiger partial charge is 0.497 e. The minimum atomic E-state index is -0.363. The number of unbranched alkanes of at least 4 members (excludes halogenated alkanes) is 1. The van der Waals surface area contributed by atoms with Crippen molar-refractivity contribution in [1.29, 1.82) is 0 Å². The lowest BCUT2D eigenvalue weighted by atomic mass is 10.1. The molecule has 3 heteroatoms. The van der Waals surface area contributed by atoms with Gasteiger partial charge in [0.1, 0.15) is 5.75 Å². The number of nitrogens with zero attached hydrogens (tertiary/aromatic N) is 1. The lowest BCUT2D eigenvalue weighted by molar-refractivity contribution is 0.0545. The molecular formula is C17H25NO2. The molecule has 2 unspecified atom stereocenters. The fraction of sp³-hybridized carbons (Fsp3) is 0.647. The number of aliphatic hydroxyl groups excluding tert-OH is 1. The average Bonchev–Trinajstić information content (AvgIpc) is 3.25. The van der Waals surface area contributed by atoms with Gasteiger partial charge in [-0.2, -0.15) is 0 Å². The number of fused-ring (bicyclic) bond motifs is 1. The van der Waals surface area contributed by atoms with Crippen LogP contribution in [0.2, 0.25) is 0 Å². The SMILES string of the molecule is CCCCN(C1CC1)C1Cc2ccc(OC)cc2C1O. The maximum absolute atomic E-state index is 10.7. The van der Waals surface area contributed by atoms with E-state index in [4.69, 9.17) is 4.74 Å². The molecule has 0 bridgehead atoms. The first-order valence-corrected chi connectivity index (χ1v) is 7.85. The highest BCUT2D eigenvalue weighted by Gasteiger charge is 2.41. The molecule has 1 aromatic rings. The molecule has 1 N–H and O–H groups in total. The standard InChI is InChI=1S/C17H25NO2/c1-3-4-9-18(13-6-7-13)16-10-12-5-8-14(20-2)11-15(12)17(16)19/h5,8,11,13,16-17,19H,3-4,6-7,9-10H2,1-2H3. The fourth-order valence-corrected chi connectivity index (χ4v) is 3.37. The second kappa shape index (κ2) is 5.74. The summed E-state index contributed by atoms with van der Waals surface area (Å²) in [6.07, 6.45) is 5.64. The molecule has 0 aromatic heterocycles. The molecule has 2 aliphatic rings. The van der Waals surface area contributed by atoms with Gasteiger partial charge < -0.3 is 9.84 Å². The van der Waals surface area contributed by atoms with Crippen molar-refractivity contribution in [2.75, 3.05) is 13.7 Å². The monoisotopic (exact) mass is 275 g/mol. The van der Waals surface area contributed by atoms with Crippen LogP contribution in [-0.4, -0.2) is 35.7 Å². The first kappa shape index (κ1) is 13.9. The molecule has 0 aliphatic heterocycles. The summed E-state index contributed by atoms with van der Waals surface area (Å²) in [6.45, 7) is 3.35. The van der Waals surface area contributed by atoms with Crippen molar-refractivity contribution < 1.29 is 9.84 Å². The van der Waals surface area contributed by atoms with Crippen LogP contribution >= 0.6 is 0 Å². The van der Waals surface area contributed by atoms with Crippen LogP contribution in [0.4, 0.5) is 0 Å². The molecule has 0 radical (unpaired) electrons. The molecule has 0 heterocycles. The van der Waals surface area contributed by atoms with Gasteiger partial charge in [-0.25, -0.2) is 0 Å². The van der Waals surface area contributed by atoms with E-state index in [2.05, 4.69) is 17.9 Å². The van der Waals surface area contributed by atoms with Crippen molar-refractivity contribution in [3.63, 3.8) is 0 Å². The lowest BCUT2D eigenvalue weighted by Gasteiger charge is -2.31. The third-order valence-electron chi connectivity index (χ3n) is 4.68. The summed E-state index contributed by atoms with van der Waals surface area (Å²) < 4.78 is 5.28. The van der Waals surface area contributed by atoms with Crippen molar-refractivity contribution in [2.24, 2.45) is 0 Å². The second-order valence-electron chi connectivity index (χ2n) is 6.10. The van der Waals surface area contributed by atoms with E-state index >= 15 is 0 Å². The van der Waals surface area contributed by atoms with Crippen molar-refractivity contribution >= 4 is 0 Å². The van der Waals surface area contributed by atoms with Crippen molar-refractivity contribution in [3.8, 4) is 5.75 Å². The van der Waals surface area contributed by atoms with E-state index in [0.717, 1.165) is 24.3 Å². The van der Waals surface area contributed by atoms with Gasteiger partial charge in [0.15, 0.2) is 0 Å². The highest BCUT2D eigenvalue weighted by Crippen LogP contribution is 2.40. The van der Waals surface area contributed by atoms with Crippen LogP contribution in [0.1, 0.15) is 49.8 Å². The summed E-state index contributed by atoms with van der Waals surface area (Å²) >= 11 is 0. The van der Waals surface area contributed by atoms with Crippen LogP contribution in [0.15, 0.2) is 18.2 Å². The van der Waals surface area contributed by atoms with Gasteiger partial charge in [-0.15, -0.1) is 0 Å². The molecule has 0 amide bonds. The van der Waals surface area contributed by atoms with Crippen molar-refractivity contribution in [1.82, 2.24) is 4.90 Å². The summed E-state index contributed by atoms with van der Waals surface area (Å²) in [4.78, 5) is 2.56. The molecular weight excluding hydrogens is 250 g/mol. The molecule has 3 nitrogen and oxygen atoms in total. The normalized spacial score (nSPS) is 25.0. The maximum Gasteiger partial charge on any atom is 0.119 e. The minimum absolute atomic E-state index is 0.260. The molecule has 2 aliphatic carbocycles. The average molecular weight is 275 g/mol. The predicted octanol–water partition coefficient (Wildman–Crippen LogP) is 2.92. The Morgan fingerprint density at radius 1 is 1.35 bits per heavy atom. The number of hydrogen-bond acceptors (Lipinski definition) is 3. The molecule has 1 fully saturated rings. The zero-order valence-electron chi connectivity index (χ0n) is 12.5. The van der Waals surface area contributed by atoms with Gasteiger partial charge >= 0.3 is 0 Å². The van der Waals surface area contributed by atoms with Crippen LogP contribution in [-0.2, 0) is 6.42 Å². The van der Waals surface area contributed by atoms with Gasteiger partial charge in [0, 0.05) is 12.1 Å². The smallest absolute Gasteiger partial charge is 0.119 e. The van der Waals surface area contributed by atoms with Crippen molar-refractivity contribution in [3.05, 3.63) is 29.3 Å². The lowest BCUT2D eigenvalue weighted by Crippen LogP contribution is -2.40. The van der Waals surface area contributed by atoms with E-state index in [1.165, 1.54) is 31.2 Å². The molecule has 1 saturated carbocycles. The Morgan fingerprint density at radius 3 is 2.80 bits per heavy atom. The van der Waals surface area contributed by atoms with E-state index in [0.29, 0.717) is 6.04 Å². The Bertz CT molecular complexity index is 470. The molecule has 0 spiro atoms. The van der Waals surface area contributed by atoms with Crippen molar-refractivity contribution in [2.45, 2.75) is 57.2 Å². The minimum Gasteiger partial charge on any atom is -0.497 e. The summed E-state index contributed by atoms with van der Waals surface area (Å²) in [7, 11) is 1.68.